The van der Waals surface area contributed by atoms with Crippen LogP contribution in [0, 0.1) is 11.6 Å². The Morgan fingerprint density at radius 3 is 1.88 bits per heavy atom. The largest absolute Gasteiger partial charge is 0.395 e. The van der Waals surface area contributed by atoms with E-state index in [-0.39, 0.29) is 24.6 Å². The van der Waals surface area contributed by atoms with Crippen molar-refractivity contribution < 1.29 is 22.3 Å². The van der Waals surface area contributed by atoms with Crippen LogP contribution in [0.4, 0.5) is 20.4 Å². The Kier molecular flexibility index (Phi) is 6.84. The van der Waals surface area contributed by atoms with Crippen LogP contribution in [-0.2, 0) is 10.0 Å². The molecule has 2 aliphatic heterocycles. The summed E-state index contributed by atoms with van der Waals surface area (Å²) in [5.41, 5.74) is 0. The molecule has 1 N–H and O–H groups in total. The normalized spacial score (nSPS) is 18.8. The van der Waals surface area contributed by atoms with Gasteiger partial charge in [0.1, 0.15) is 0 Å². The number of anilines is 2. The fraction of sp³-hybridized carbons (Fsp3) is 0.500. The Morgan fingerprint density at radius 1 is 0.812 bits per heavy atom. The molecule has 2 fully saturated rings. The van der Waals surface area contributed by atoms with Gasteiger partial charge in [0.25, 0.3) is 0 Å². The molecule has 1 aromatic heterocycles. The maximum absolute atomic E-state index is 13.5. The Hall–Kier alpha value is -2.41. The molecule has 0 atom stereocenters. The number of aliphatic hydroxyl groups is 1. The highest BCUT2D eigenvalue weighted by molar-refractivity contribution is 7.89. The smallest absolute Gasteiger partial charge is 0.243 e. The number of hydrogen-bond donors (Lipinski definition) is 1. The van der Waals surface area contributed by atoms with Crippen molar-refractivity contribution in [1.82, 2.24) is 19.4 Å². The van der Waals surface area contributed by atoms with E-state index in [1.54, 1.807) is 0 Å². The lowest BCUT2D eigenvalue weighted by Crippen LogP contribution is -2.49. The predicted octanol–water partition coefficient (Wildman–Crippen LogP) is 0.380. The highest BCUT2D eigenvalue weighted by atomic mass is 32.2. The van der Waals surface area contributed by atoms with Gasteiger partial charge >= 0.3 is 0 Å². The summed E-state index contributed by atoms with van der Waals surface area (Å²) < 4.78 is 53.4. The van der Waals surface area contributed by atoms with Gasteiger partial charge in [-0.1, -0.05) is 0 Å². The molecule has 0 saturated carbocycles. The van der Waals surface area contributed by atoms with Crippen LogP contribution in [0.1, 0.15) is 0 Å². The summed E-state index contributed by atoms with van der Waals surface area (Å²) in [7, 11) is -3.90. The predicted molar refractivity (Wildman–Crippen MR) is 115 cm³/mol. The number of hydrogen-bond acceptors (Lipinski definition) is 8. The van der Waals surface area contributed by atoms with E-state index in [0.717, 1.165) is 44.1 Å². The zero-order chi connectivity index (χ0) is 22.7. The average Bonchev–Trinajstić information content (AvgIpc) is 2.82. The standard InChI is InChI=1S/C20H26F2N6O3S/c21-17-2-1-16(15-18(17)22)32(30,31)28-11-9-27(10-12-28)20-4-3-19(23-24-20)26-7-5-25(6-8-26)13-14-29/h1-4,15,29H,5-14H2. The summed E-state index contributed by atoms with van der Waals surface area (Å²) in [4.78, 5) is 6.05. The molecule has 4 rings (SSSR count). The van der Waals surface area contributed by atoms with Crippen molar-refractivity contribution in [3.8, 4) is 0 Å². The average molecular weight is 469 g/mol. The van der Waals surface area contributed by atoms with Gasteiger partial charge in [-0.15, -0.1) is 10.2 Å². The number of β-amino-alcohol motifs (C(OH)–C–C–N with tert-alkyl or cyclic N) is 1. The van der Waals surface area contributed by atoms with Crippen molar-refractivity contribution in [3.63, 3.8) is 0 Å². The lowest BCUT2D eigenvalue weighted by molar-refractivity contribution is 0.188. The molecule has 9 nitrogen and oxygen atoms in total. The van der Waals surface area contributed by atoms with Crippen molar-refractivity contribution in [2.24, 2.45) is 0 Å². The van der Waals surface area contributed by atoms with Crippen LogP contribution in [0.15, 0.2) is 35.2 Å². The summed E-state index contributed by atoms with van der Waals surface area (Å²) in [5.74, 6) is -0.813. The molecule has 0 spiro atoms. The van der Waals surface area contributed by atoms with Crippen molar-refractivity contribution in [2.45, 2.75) is 4.90 Å². The summed E-state index contributed by atoms with van der Waals surface area (Å²) in [6.45, 7) is 5.42. The second-order valence-electron chi connectivity index (χ2n) is 7.77. The van der Waals surface area contributed by atoms with Crippen molar-refractivity contribution in [3.05, 3.63) is 42.0 Å². The van der Waals surface area contributed by atoms with Gasteiger partial charge in [0, 0.05) is 58.9 Å². The number of rotatable bonds is 6. The van der Waals surface area contributed by atoms with Crippen LogP contribution in [0.5, 0.6) is 0 Å². The third-order valence-electron chi connectivity index (χ3n) is 5.84. The van der Waals surface area contributed by atoms with Crippen molar-refractivity contribution in [1.29, 1.82) is 0 Å². The Labute approximate surface area is 185 Å². The van der Waals surface area contributed by atoms with Crippen LogP contribution < -0.4 is 9.80 Å². The zero-order valence-corrected chi connectivity index (χ0v) is 18.4. The molecule has 3 heterocycles. The molecule has 0 radical (unpaired) electrons. The number of aromatic nitrogens is 2. The van der Waals surface area contributed by atoms with Gasteiger partial charge in [-0.25, -0.2) is 17.2 Å². The maximum atomic E-state index is 13.5. The van der Waals surface area contributed by atoms with Gasteiger partial charge in [-0.2, -0.15) is 4.31 Å². The van der Waals surface area contributed by atoms with E-state index in [1.807, 2.05) is 17.0 Å². The van der Waals surface area contributed by atoms with Crippen LogP contribution >= 0.6 is 0 Å². The van der Waals surface area contributed by atoms with Gasteiger partial charge in [0.05, 0.1) is 11.5 Å². The van der Waals surface area contributed by atoms with E-state index >= 15 is 0 Å². The second-order valence-corrected chi connectivity index (χ2v) is 9.71. The Balaban J connectivity index is 1.35. The highest BCUT2D eigenvalue weighted by Crippen LogP contribution is 2.22. The second kappa shape index (κ2) is 9.61. The number of aliphatic hydroxyl groups excluding tert-OH is 1. The van der Waals surface area contributed by atoms with Crippen LogP contribution in [0.2, 0.25) is 0 Å². The highest BCUT2D eigenvalue weighted by Gasteiger charge is 2.30. The molecule has 2 saturated heterocycles. The first-order valence-corrected chi connectivity index (χ1v) is 11.9. The molecular weight excluding hydrogens is 442 g/mol. The molecule has 2 aliphatic rings. The molecule has 0 unspecified atom stereocenters. The summed E-state index contributed by atoms with van der Waals surface area (Å²) in [6, 6.07) is 6.40. The minimum Gasteiger partial charge on any atom is -0.395 e. The third kappa shape index (κ3) is 4.82. The van der Waals surface area contributed by atoms with Gasteiger partial charge in [0.2, 0.25) is 10.0 Å². The van der Waals surface area contributed by atoms with Crippen LogP contribution in [0.3, 0.4) is 0 Å². The molecule has 0 aliphatic carbocycles. The van der Waals surface area contributed by atoms with E-state index in [9.17, 15) is 17.2 Å². The number of halogens is 2. The minimum absolute atomic E-state index is 0.157. The molecule has 0 bridgehead atoms. The van der Waals surface area contributed by atoms with Gasteiger partial charge in [-0.3, -0.25) is 4.90 Å². The molecule has 1 aromatic carbocycles. The number of benzene rings is 1. The molecule has 174 valence electrons. The first kappa shape index (κ1) is 22.8. The van der Waals surface area contributed by atoms with Crippen LogP contribution in [0.25, 0.3) is 0 Å². The van der Waals surface area contributed by atoms with E-state index < -0.39 is 21.7 Å². The molecule has 12 heteroatoms. The van der Waals surface area contributed by atoms with Gasteiger partial charge in [-0.05, 0) is 30.3 Å². The summed E-state index contributed by atoms with van der Waals surface area (Å²) in [6.07, 6.45) is 0. The maximum Gasteiger partial charge on any atom is 0.243 e. The lowest BCUT2D eigenvalue weighted by Gasteiger charge is -2.36. The molecule has 0 amide bonds. The molecule has 32 heavy (non-hydrogen) atoms. The van der Waals surface area contributed by atoms with E-state index in [2.05, 4.69) is 20.0 Å². The van der Waals surface area contributed by atoms with E-state index in [4.69, 9.17) is 5.11 Å². The Bertz CT molecular complexity index is 1020. The quantitative estimate of drug-likeness (QED) is 0.651. The number of nitrogens with zero attached hydrogens (tertiary/aromatic N) is 6. The Morgan fingerprint density at radius 2 is 1.38 bits per heavy atom. The van der Waals surface area contributed by atoms with Crippen LogP contribution in [-0.4, -0.2) is 98.4 Å². The number of piperazine rings is 2. The first-order chi connectivity index (χ1) is 15.4. The molecule has 2 aromatic rings. The monoisotopic (exact) mass is 468 g/mol. The van der Waals surface area contributed by atoms with Gasteiger partial charge in [0.15, 0.2) is 23.3 Å². The fourth-order valence-electron chi connectivity index (χ4n) is 3.94. The molecular formula is C20H26F2N6O3S. The first-order valence-electron chi connectivity index (χ1n) is 10.5. The number of sulfonamides is 1. The minimum atomic E-state index is -3.90. The third-order valence-corrected chi connectivity index (χ3v) is 7.74. The van der Waals surface area contributed by atoms with Crippen molar-refractivity contribution >= 4 is 21.7 Å². The fourth-order valence-corrected chi connectivity index (χ4v) is 5.38. The summed E-state index contributed by atoms with van der Waals surface area (Å²) in [5, 5.41) is 17.7. The topological polar surface area (TPSA) is 93.1 Å². The summed E-state index contributed by atoms with van der Waals surface area (Å²) >= 11 is 0. The zero-order valence-electron chi connectivity index (χ0n) is 17.6. The lowest BCUT2D eigenvalue weighted by atomic mass is 10.3. The van der Waals surface area contributed by atoms with Crippen molar-refractivity contribution in [2.75, 3.05) is 75.3 Å². The van der Waals surface area contributed by atoms with E-state index in [1.165, 1.54) is 4.31 Å². The van der Waals surface area contributed by atoms with Gasteiger partial charge < -0.3 is 14.9 Å². The SMILES string of the molecule is O=S(=O)(c1ccc(F)c(F)c1)N1CCN(c2ccc(N3CCN(CCO)CC3)nn2)CC1. The van der Waals surface area contributed by atoms with E-state index in [0.29, 0.717) is 31.5 Å².